The van der Waals surface area contributed by atoms with E-state index in [0.29, 0.717) is 10.4 Å². The molecule has 1 saturated heterocycles. The van der Waals surface area contributed by atoms with E-state index in [4.69, 9.17) is 4.42 Å². The molecule has 0 radical (unpaired) electrons. The molecular weight excluding hydrogens is 272 g/mol. The first kappa shape index (κ1) is 11.7. The van der Waals surface area contributed by atoms with Crippen molar-refractivity contribution in [1.29, 1.82) is 0 Å². The van der Waals surface area contributed by atoms with Crippen molar-refractivity contribution in [2.24, 2.45) is 0 Å². The van der Waals surface area contributed by atoms with E-state index < -0.39 is 0 Å². The summed E-state index contributed by atoms with van der Waals surface area (Å²) in [6.45, 7) is 7.01. The fraction of sp³-hybridized carbons (Fsp3) is 0.545. The standard InChI is InChI=1S/C11H15BrN2O2/c1-2-13-5-7-14(8-6-13)11(15)9-3-4-10(12)16-9/h3-4H,2,5-8H2,1H3/p+1. The summed E-state index contributed by atoms with van der Waals surface area (Å²) in [7, 11) is 0. The molecule has 1 aromatic rings. The molecule has 0 aliphatic carbocycles. The Balaban J connectivity index is 1.96. The SMILES string of the molecule is CC[NH+]1CCN(C(=O)c2ccc(Br)o2)CC1. The van der Waals surface area contributed by atoms with Crippen LogP contribution in [-0.2, 0) is 0 Å². The number of carbonyl (C=O) groups is 1. The van der Waals surface area contributed by atoms with Crippen LogP contribution < -0.4 is 4.90 Å². The third kappa shape index (κ3) is 2.47. The van der Waals surface area contributed by atoms with Crippen molar-refractivity contribution in [2.75, 3.05) is 32.7 Å². The van der Waals surface area contributed by atoms with Crippen molar-refractivity contribution < 1.29 is 14.1 Å². The van der Waals surface area contributed by atoms with Gasteiger partial charge in [0.05, 0.1) is 32.7 Å². The van der Waals surface area contributed by atoms with Gasteiger partial charge in [0.1, 0.15) is 0 Å². The van der Waals surface area contributed by atoms with Gasteiger partial charge in [-0.2, -0.15) is 0 Å². The highest BCUT2D eigenvalue weighted by Crippen LogP contribution is 2.15. The van der Waals surface area contributed by atoms with Crippen LogP contribution in [0.3, 0.4) is 0 Å². The van der Waals surface area contributed by atoms with Crippen molar-refractivity contribution in [3.63, 3.8) is 0 Å². The molecule has 0 atom stereocenters. The number of piperazine rings is 1. The van der Waals surface area contributed by atoms with Crippen molar-refractivity contribution in [1.82, 2.24) is 4.90 Å². The Morgan fingerprint density at radius 3 is 2.69 bits per heavy atom. The Hall–Kier alpha value is -0.810. The molecule has 1 aliphatic heterocycles. The lowest BCUT2D eigenvalue weighted by atomic mass is 10.3. The van der Waals surface area contributed by atoms with E-state index in [2.05, 4.69) is 22.9 Å². The summed E-state index contributed by atoms with van der Waals surface area (Å²) in [6, 6.07) is 3.46. The van der Waals surface area contributed by atoms with Gasteiger partial charge in [-0.3, -0.25) is 4.79 Å². The molecule has 0 saturated carbocycles. The maximum atomic E-state index is 12.0. The lowest BCUT2D eigenvalue weighted by Gasteiger charge is -2.31. The molecule has 1 aliphatic rings. The summed E-state index contributed by atoms with van der Waals surface area (Å²) in [6.07, 6.45) is 0. The van der Waals surface area contributed by atoms with E-state index >= 15 is 0 Å². The Morgan fingerprint density at radius 1 is 1.50 bits per heavy atom. The zero-order chi connectivity index (χ0) is 11.5. The van der Waals surface area contributed by atoms with Crippen LogP contribution in [0, 0.1) is 0 Å². The third-order valence-corrected chi connectivity index (χ3v) is 3.47. The Morgan fingerprint density at radius 2 is 2.19 bits per heavy atom. The normalized spacial score (nSPS) is 17.8. The van der Waals surface area contributed by atoms with Gasteiger partial charge in [0.2, 0.25) is 0 Å². The lowest BCUT2D eigenvalue weighted by Crippen LogP contribution is -3.14. The van der Waals surface area contributed by atoms with E-state index in [1.807, 2.05) is 4.90 Å². The topological polar surface area (TPSA) is 37.9 Å². The van der Waals surface area contributed by atoms with Crippen LogP contribution >= 0.6 is 15.9 Å². The molecule has 1 aromatic heterocycles. The van der Waals surface area contributed by atoms with Crippen LogP contribution in [0.1, 0.15) is 17.5 Å². The van der Waals surface area contributed by atoms with E-state index in [9.17, 15) is 4.79 Å². The second-order valence-electron chi connectivity index (χ2n) is 4.00. The number of hydrogen-bond donors (Lipinski definition) is 1. The van der Waals surface area contributed by atoms with Gasteiger partial charge >= 0.3 is 0 Å². The van der Waals surface area contributed by atoms with Crippen LogP contribution in [0.15, 0.2) is 21.2 Å². The van der Waals surface area contributed by atoms with Crippen LogP contribution in [0.5, 0.6) is 0 Å². The van der Waals surface area contributed by atoms with E-state index in [1.165, 1.54) is 0 Å². The minimum Gasteiger partial charge on any atom is -0.444 e. The average Bonchev–Trinajstić information content (AvgIpc) is 2.75. The quantitative estimate of drug-likeness (QED) is 0.855. The summed E-state index contributed by atoms with van der Waals surface area (Å²) in [5.41, 5.74) is 0. The predicted molar refractivity (Wildman–Crippen MR) is 63.5 cm³/mol. The molecule has 0 spiro atoms. The highest BCUT2D eigenvalue weighted by molar-refractivity contribution is 9.10. The van der Waals surface area contributed by atoms with Crippen molar-refractivity contribution >= 4 is 21.8 Å². The molecule has 1 N–H and O–H groups in total. The first-order chi connectivity index (χ1) is 7.70. The van der Waals surface area contributed by atoms with Gasteiger partial charge in [0.15, 0.2) is 10.4 Å². The number of furan rings is 1. The van der Waals surface area contributed by atoms with Crippen molar-refractivity contribution in [2.45, 2.75) is 6.92 Å². The first-order valence-electron chi connectivity index (χ1n) is 5.59. The number of likely N-dealkylation sites (N-methyl/N-ethyl adjacent to an activating group) is 1. The molecule has 0 aromatic carbocycles. The minimum absolute atomic E-state index is 0.000790. The number of amides is 1. The van der Waals surface area contributed by atoms with Crippen molar-refractivity contribution in [3.05, 3.63) is 22.6 Å². The van der Waals surface area contributed by atoms with Gasteiger partial charge in [-0.1, -0.05) is 0 Å². The molecule has 4 nitrogen and oxygen atoms in total. The highest BCUT2D eigenvalue weighted by atomic mass is 79.9. The highest BCUT2D eigenvalue weighted by Gasteiger charge is 2.25. The Kier molecular flexibility index (Phi) is 3.66. The van der Waals surface area contributed by atoms with Crippen molar-refractivity contribution in [3.8, 4) is 0 Å². The number of halogens is 1. The minimum atomic E-state index is 0.000790. The zero-order valence-corrected chi connectivity index (χ0v) is 10.9. The largest absolute Gasteiger partial charge is 0.444 e. The Bertz CT molecular complexity index is 370. The fourth-order valence-electron chi connectivity index (χ4n) is 1.96. The number of nitrogens with zero attached hydrogens (tertiary/aromatic N) is 1. The number of hydrogen-bond acceptors (Lipinski definition) is 2. The summed E-state index contributed by atoms with van der Waals surface area (Å²) < 4.78 is 5.88. The maximum Gasteiger partial charge on any atom is 0.290 e. The van der Waals surface area contributed by atoms with Gasteiger partial charge in [-0.15, -0.1) is 0 Å². The second kappa shape index (κ2) is 5.01. The second-order valence-corrected chi connectivity index (χ2v) is 4.78. The van der Waals surface area contributed by atoms with Crippen LogP contribution in [0.25, 0.3) is 0 Å². The molecule has 1 fully saturated rings. The molecule has 1 amide bonds. The number of nitrogens with one attached hydrogen (secondary N) is 1. The molecular formula is C11H16BrN2O2+. The molecule has 2 heterocycles. The predicted octanol–water partition coefficient (Wildman–Crippen LogP) is 0.403. The van der Waals surface area contributed by atoms with E-state index in [0.717, 1.165) is 32.7 Å². The van der Waals surface area contributed by atoms with Gasteiger partial charge in [-0.25, -0.2) is 0 Å². The number of rotatable bonds is 2. The maximum absolute atomic E-state index is 12.0. The van der Waals surface area contributed by atoms with Crippen LogP contribution in [-0.4, -0.2) is 43.5 Å². The average molecular weight is 288 g/mol. The van der Waals surface area contributed by atoms with Crippen LogP contribution in [0.2, 0.25) is 0 Å². The molecule has 0 unspecified atom stereocenters. The lowest BCUT2D eigenvalue weighted by molar-refractivity contribution is -0.902. The van der Waals surface area contributed by atoms with Gasteiger partial charge in [0.25, 0.3) is 5.91 Å². The smallest absolute Gasteiger partial charge is 0.290 e. The summed E-state index contributed by atoms with van der Waals surface area (Å²) in [5, 5.41) is 0. The zero-order valence-electron chi connectivity index (χ0n) is 9.33. The summed E-state index contributed by atoms with van der Waals surface area (Å²) in [5.74, 6) is 0.424. The molecule has 2 rings (SSSR count). The number of carbonyl (C=O) groups excluding carboxylic acids is 1. The first-order valence-corrected chi connectivity index (χ1v) is 6.38. The van der Waals surface area contributed by atoms with Crippen LogP contribution in [0.4, 0.5) is 0 Å². The van der Waals surface area contributed by atoms with E-state index in [1.54, 1.807) is 17.0 Å². The third-order valence-electron chi connectivity index (χ3n) is 3.04. The van der Waals surface area contributed by atoms with Gasteiger partial charge < -0.3 is 14.2 Å². The van der Waals surface area contributed by atoms with Gasteiger partial charge in [-0.05, 0) is 35.0 Å². The summed E-state index contributed by atoms with van der Waals surface area (Å²) in [4.78, 5) is 15.4. The molecule has 88 valence electrons. The molecule has 16 heavy (non-hydrogen) atoms. The molecule has 5 heteroatoms. The van der Waals surface area contributed by atoms with E-state index in [-0.39, 0.29) is 5.91 Å². The summed E-state index contributed by atoms with van der Waals surface area (Å²) >= 11 is 3.20. The fourth-order valence-corrected chi connectivity index (χ4v) is 2.27. The molecule has 0 bridgehead atoms. The van der Waals surface area contributed by atoms with Gasteiger partial charge in [0, 0.05) is 0 Å². The number of quaternary nitrogens is 1. The Labute approximate surface area is 103 Å². The monoisotopic (exact) mass is 287 g/mol.